The fourth-order valence-electron chi connectivity index (χ4n) is 8.66. The number of halogens is 1. The summed E-state index contributed by atoms with van der Waals surface area (Å²) in [4.78, 5) is 50.6. The molecular weight excluding hydrogens is 728 g/mol. The summed E-state index contributed by atoms with van der Waals surface area (Å²) in [7, 11) is 1.77. The van der Waals surface area contributed by atoms with Gasteiger partial charge in [-0.15, -0.1) is 0 Å². The predicted octanol–water partition coefficient (Wildman–Crippen LogP) is 4.01. The molecule has 4 aromatic rings. The zero-order valence-electron chi connectivity index (χ0n) is 32.3. The van der Waals surface area contributed by atoms with E-state index in [1.54, 1.807) is 41.0 Å². The van der Waals surface area contributed by atoms with Crippen LogP contribution in [0, 0.1) is 23.1 Å². The van der Waals surface area contributed by atoms with E-state index in [1.807, 2.05) is 19.1 Å². The van der Waals surface area contributed by atoms with Gasteiger partial charge >= 0.3 is 0 Å². The summed E-state index contributed by atoms with van der Waals surface area (Å²) in [5, 5.41) is 17.3. The summed E-state index contributed by atoms with van der Waals surface area (Å²) in [6.07, 6.45) is 3.92. The highest BCUT2D eigenvalue weighted by molar-refractivity contribution is 6.05. The minimum Gasteiger partial charge on any atom is -0.482 e. The predicted molar refractivity (Wildman–Crippen MR) is 210 cm³/mol. The van der Waals surface area contributed by atoms with Crippen LogP contribution in [0.2, 0.25) is 0 Å². The molecule has 3 amide bonds. The second kappa shape index (κ2) is 16.0. The highest BCUT2D eigenvalue weighted by Gasteiger charge is 2.39. The molecule has 2 aromatic carbocycles. The van der Waals surface area contributed by atoms with Crippen LogP contribution in [-0.2, 0) is 29.7 Å². The van der Waals surface area contributed by atoms with Crippen molar-refractivity contribution in [1.29, 1.82) is 5.26 Å². The first-order chi connectivity index (χ1) is 27.5. The number of carbonyl (C=O) groups is 3. The third-order valence-corrected chi connectivity index (χ3v) is 11.9. The number of nitrogens with zero attached hydrogens (tertiary/aromatic N) is 8. The number of ether oxygens (including phenoxy) is 1. The van der Waals surface area contributed by atoms with Gasteiger partial charge in [0.05, 0.1) is 5.69 Å². The SMILES string of the molecule is C[C@@H](Oc1cc(-c2c(CN3CCN(CC4CCN(c5ccc6c(c5)CN(C5CCC(=O)NC5=O)C6=O)CC4)CC3)nn(C)c2C#N)cnc1N)c1cccc(F)c1. The Morgan fingerprint density at radius 1 is 1.02 bits per heavy atom. The van der Waals surface area contributed by atoms with E-state index in [0.717, 1.165) is 75.6 Å². The highest BCUT2D eigenvalue weighted by atomic mass is 19.1. The highest BCUT2D eigenvalue weighted by Crippen LogP contribution is 2.35. The summed E-state index contributed by atoms with van der Waals surface area (Å²) in [6.45, 7) is 9.33. The van der Waals surface area contributed by atoms with Crippen LogP contribution in [-0.4, -0.2) is 99.0 Å². The number of pyridine rings is 1. The van der Waals surface area contributed by atoms with Gasteiger partial charge in [0.25, 0.3) is 5.91 Å². The zero-order chi connectivity index (χ0) is 39.8. The van der Waals surface area contributed by atoms with Gasteiger partial charge in [-0.2, -0.15) is 10.4 Å². The molecule has 0 spiro atoms. The lowest BCUT2D eigenvalue weighted by Crippen LogP contribution is -2.52. The minimum atomic E-state index is -0.612. The van der Waals surface area contributed by atoms with Gasteiger partial charge in [0.15, 0.2) is 11.6 Å². The molecule has 57 heavy (non-hydrogen) atoms. The molecule has 4 aliphatic rings. The van der Waals surface area contributed by atoms with Gasteiger partial charge in [-0.05, 0) is 79.6 Å². The van der Waals surface area contributed by atoms with Gasteiger partial charge in [-0.25, -0.2) is 9.37 Å². The minimum absolute atomic E-state index is 0.148. The third kappa shape index (κ3) is 7.92. The van der Waals surface area contributed by atoms with Crippen LogP contribution in [0.25, 0.3) is 11.1 Å². The Morgan fingerprint density at radius 3 is 2.53 bits per heavy atom. The third-order valence-electron chi connectivity index (χ3n) is 11.9. The van der Waals surface area contributed by atoms with Gasteiger partial charge in [0, 0.05) is 101 Å². The smallest absolute Gasteiger partial charge is 0.255 e. The lowest BCUT2D eigenvalue weighted by molar-refractivity contribution is -0.136. The maximum Gasteiger partial charge on any atom is 0.255 e. The van der Waals surface area contributed by atoms with Crippen molar-refractivity contribution >= 4 is 29.2 Å². The molecule has 4 aliphatic heterocycles. The number of nitrogens with two attached hydrogens (primary N) is 1. The quantitative estimate of drug-likeness (QED) is 0.224. The molecular formula is C42H47FN10O4. The lowest BCUT2D eigenvalue weighted by Gasteiger charge is -2.39. The van der Waals surface area contributed by atoms with Crippen molar-refractivity contribution in [2.24, 2.45) is 13.0 Å². The first kappa shape index (κ1) is 38.0. The molecule has 6 heterocycles. The molecule has 296 valence electrons. The normalized spacial score (nSPS) is 20.0. The maximum absolute atomic E-state index is 13.9. The molecule has 0 aliphatic carbocycles. The number of aryl methyl sites for hydroxylation is 1. The van der Waals surface area contributed by atoms with Crippen molar-refractivity contribution in [3.63, 3.8) is 0 Å². The van der Waals surface area contributed by atoms with E-state index in [2.05, 4.69) is 37.1 Å². The molecule has 0 bridgehead atoms. The van der Waals surface area contributed by atoms with Crippen molar-refractivity contribution in [3.05, 3.63) is 88.6 Å². The number of anilines is 2. The Morgan fingerprint density at radius 2 is 1.79 bits per heavy atom. The van der Waals surface area contributed by atoms with Crippen molar-refractivity contribution in [2.45, 2.75) is 57.8 Å². The fourth-order valence-corrected chi connectivity index (χ4v) is 8.66. The topological polar surface area (TPSA) is 166 Å². The van der Waals surface area contributed by atoms with Crippen LogP contribution in [0.5, 0.6) is 5.75 Å². The molecule has 2 aromatic heterocycles. The Kier molecular flexibility index (Phi) is 10.6. The number of nitrogen functional groups attached to an aromatic ring is 1. The molecule has 2 atom stereocenters. The molecule has 0 radical (unpaired) electrons. The Balaban J connectivity index is 0.846. The number of carbonyl (C=O) groups excluding carboxylic acids is 3. The molecule has 15 heteroatoms. The van der Waals surface area contributed by atoms with Crippen molar-refractivity contribution < 1.29 is 23.5 Å². The summed E-state index contributed by atoms with van der Waals surface area (Å²) in [5.74, 6) is -0.0316. The number of nitrogens with one attached hydrogen (secondary N) is 1. The van der Waals surface area contributed by atoms with Crippen molar-refractivity contribution in [3.8, 4) is 22.9 Å². The molecule has 3 saturated heterocycles. The van der Waals surface area contributed by atoms with E-state index in [9.17, 15) is 24.0 Å². The number of piperidine rings is 2. The number of hydrogen-bond acceptors (Lipinski definition) is 11. The van der Waals surface area contributed by atoms with Gasteiger partial charge in [0.2, 0.25) is 11.8 Å². The average molecular weight is 775 g/mol. The maximum atomic E-state index is 13.9. The first-order valence-corrected chi connectivity index (χ1v) is 19.7. The van der Waals surface area contributed by atoms with Crippen LogP contribution < -0.4 is 20.7 Å². The molecule has 8 rings (SSSR count). The number of aromatic nitrogens is 3. The molecule has 3 fully saturated rings. The standard InChI is InChI=1S/C42H47FN10O4/c1-26(28-4-3-5-31(43)18-28)57-37-20-29(22-46-40(37)45)39-34(48-49(2)36(39)21-44)25-51-16-14-50(15-17-51)23-27-10-12-52(13-11-27)32-6-7-33-30(19-32)24-53(42(33)56)35-8-9-38(54)47-41(35)55/h3-7,18-20,22,26-27,35H,8-17,23-25H2,1-2H3,(H2,45,46)(H,47,54,55)/t26-,35?/m1/s1. The van der Waals surface area contributed by atoms with Gasteiger partial charge in [-0.1, -0.05) is 12.1 Å². The van der Waals surface area contributed by atoms with Gasteiger partial charge in [-0.3, -0.25) is 29.3 Å². The van der Waals surface area contributed by atoms with Crippen molar-refractivity contribution in [2.75, 3.05) is 56.4 Å². The van der Waals surface area contributed by atoms with Crippen molar-refractivity contribution in [1.82, 2.24) is 34.8 Å². The largest absolute Gasteiger partial charge is 0.482 e. The van der Waals surface area contributed by atoms with E-state index in [4.69, 9.17) is 15.6 Å². The number of benzene rings is 2. The number of rotatable bonds is 10. The first-order valence-electron chi connectivity index (χ1n) is 19.7. The Labute approximate surface area is 331 Å². The monoisotopic (exact) mass is 774 g/mol. The second-order valence-electron chi connectivity index (χ2n) is 15.6. The Bertz CT molecular complexity index is 2240. The average Bonchev–Trinajstić information content (AvgIpc) is 3.70. The van der Waals surface area contributed by atoms with E-state index < -0.39 is 18.1 Å². The van der Waals surface area contributed by atoms with E-state index >= 15 is 0 Å². The number of piperazine rings is 1. The molecule has 3 N–H and O–H groups in total. The van der Waals surface area contributed by atoms with Crippen LogP contribution in [0.4, 0.5) is 15.9 Å². The number of hydrogen-bond donors (Lipinski definition) is 2. The number of imide groups is 1. The van der Waals surface area contributed by atoms with E-state index in [-0.39, 0.29) is 29.9 Å². The summed E-state index contributed by atoms with van der Waals surface area (Å²) >= 11 is 0. The summed E-state index contributed by atoms with van der Waals surface area (Å²) in [5.41, 5.74) is 12.1. The van der Waals surface area contributed by atoms with Crippen LogP contribution in [0.15, 0.2) is 54.7 Å². The summed E-state index contributed by atoms with van der Waals surface area (Å²) < 4.78 is 21.6. The fraction of sp³-hybridized carbons (Fsp3) is 0.429. The molecule has 0 saturated carbocycles. The summed E-state index contributed by atoms with van der Waals surface area (Å²) in [6, 6.07) is 15.7. The van der Waals surface area contributed by atoms with Gasteiger partial charge < -0.3 is 25.2 Å². The number of amides is 3. The van der Waals surface area contributed by atoms with Crippen LogP contribution in [0.1, 0.15) is 71.6 Å². The van der Waals surface area contributed by atoms with E-state index in [0.29, 0.717) is 59.1 Å². The van der Waals surface area contributed by atoms with Crippen LogP contribution in [0.3, 0.4) is 0 Å². The Hall–Kier alpha value is -5.85. The molecule has 14 nitrogen and oxygen atoms in total. The lowest BCUT2D eigenvalue weighted by atomic mass is 9.95. The number of fused-ring (bicyclic) bond motifs is 1. The molecule has 1 unspecified atom stereocenters. The van der Waals surface area contributed by atoms with Crippen LogP contribution >= 0.6 is 0 Å². The second-order valence-corrected chi connectivity index (χ2v) is 15.6. The van der Waals surface area contributed by atoms with Gasteiger partial charge in [0.1, 0.15) is 29.7 Å². The van der Waals surface area contributed by atoms with E-state index in [1.165, 1.54) is 12.1 Å². The zero-order valence-corrected chi connectivity index (χ0v) is 32.3. The number of nitriles is 1.